The fourth-order valence-corrected chi connectivity index (χ4v) is 3.59. The van der Waals surface area contributed by atoms with Crippen molar-refractivity contribution in [2.75, 3.05) is 32.8 Å². The summed E-state index contributed by atoms with van der Waals surface area (Å²) in [6, 6.07) is 6.34. The van der Waals surface area contributed by atoms with Crippen LogP contribution in [0.2, 0.25) is 0 Å². The summed E-state index contributed by atoms with van der Waals surface area (Å²) in [7, 11) is 0. The second-order valence-corrected chi connectivity index (χ2v) is 7.20. The molecule has 0 spiro atoms. The molecule has 0 bridgehead atoms. The number of nitrogens with one attached hydrogen (secondary N) is 2. The zero-order valence-corrected chi connectivity index (χ0v) is 16.2. The van der Waals surface area contributed by atoms with Crippen molar-refractivity contribution >= 4 is 22.7 Å². The zero-order valence-electron chi connectivity index (χ0n) is 16.2. The number of hydrogen-bond acceptors (Lipinski definition) is 3. The molecule has 1 aliphatic heterocycles. The third-order valence-corrected chi connectivity index (χ3v) is 5.13. The molecule has 6 heteroatoms. The van der Waals surface area contributed by atoms with Crippen molar-refractivity contribution in [3.8, 4) is 0 Å². The molecule has 6 nitrogen and oxygen atoms in total. The highest BCUT2D eigenvalue weighted by Crippen LogP contribution is 2.22. The first-order valence-corrected chi connectivity index (χ1v) is 9.78. The van der Waals surface area contributed by atoms with Gasteiger partial charge in [0.05, 0.1) is 5.92 Å². The number of amides is 2. The lowest BCUT2D eigenvalue weighted by atomic mass is 10.1. The van der Waals surface area contributed by atoms with Gasteiger partial charge in [0.25, 0.3) is 0 Å². The lowest BCUT2D eigenvalue weighted by Crippen LogP contribution is -2.34. The maximum absolute atomic E-state index is 12.3. The average Bonchev–Trinajstić information content (AvgIpc) is 3.22. The Labute approximate surface area is 160 Å². The van der Waals surface area contributed by atoms with Gasteiger partial charge in [0.1, 0.15) is 0 Å². The van der Waals surface area contributed by atoms with Crippen LogP contribution in [0, 0.1) is 12.8 Å². The number of fused-ring (bicyclic) bond motifs is 1. The van der Waals surface area contributed by atoms with Gasteiger partial charge >= 0.3 is 0 Å². The second-order valence-electron chi connectivity index (χ2n) is 7.20. The molecule has 2 aromatic rings. The molecule has 1 atom stereocenters. The van der Waals surface area contributed by atoms with E-state index in [1.165, 1.54) is 16.5 Å². The number of ether oxygens (including phenoxy) is 1. The molecule has 3 rings (SSSR count). The zero-order chi connectivity index (χ0) is 19.2. The second kappa shape index (κ2) is 9.04. The Balaban J connectivity index is 1.49. The summed E-state index contributed by atoms with van der Waals surface area (Å²) in [4.78, 5) is 29.7. The van der Waals surface area contributed by atoms with Gasteiger partial charge in [-0.1, -0.05) is 11.6 Å². The third-order valence-electron chi connectivity index (χ3n) is 5.13. The minimum Gasteiger partial charge on any atom is -0.382 e. The maximum Gasteiger partial charge on any atom is 0.225 e. The van der Waals surface area contributed by atoms with Crippen LogP contribution < -0.4 is 5.32 Å². The van der Waals surface area contributed by atoms with Crippen LogP contribution >= 0.6 is 0 Å². The van der Waals surface area contributed by atoms with E-state index in [4.69, 9.17) is 4.74 Å². The normalized spacial score (nSPS) is 17.0. The summed E-state index contributed by atoms with van der Waals surface area (Å²) >= 11 is 0. The van der Waals surface area contributed by atoms with E-state index in [1.54, 1.807) is 0 Å². The van der Waals surface area contributed by atoms with E-state index >= 15 is 0 Å². The summed E-state index contributed by atoms with van der Waals surface area (Å²) in [6.45, 7) is 7.13. The number of benzene rings is 1. The number of carbonyl (C=O) groups excluding carboxylic acids is 2. The van der Waals surface area contributed by atoms with Crippen LogP contribution in [0.25, 0.3) is 10.9 Å². The highest BCUT2D eigenvalue weighted by molar-refractivity contribution is 5.89. The van der Waals surface area contributed by atoms with Gasteiger partial charge in [-0.2, -0.15) is 0 Å². The summed E-state index contributed by atoms with van der Waals surface area (Å²) in [5.74, 6) is -0.194. The minimum atomic E-state index is -0.241. The summed E-state index contributed by atoms with van der Waals surface area (Å²) in [5.41, 5.74) is 3.56. The van der Waals surface area contributed by atoms with Crippen molar-refractivity contribution in [3.05, 3.63) is 35.5 Å². The fourth-order valence-electron chi connectivity index (χ4n) is 3.59. The SMILES string of the molecule is CCOCCCNC(=O)[C@H]1CC(=O)N(CCc2c[nH]c3ccc(C)cc23)C1. The molecular weight excluding hydrogens is 342 g/mol. The monoisotopic (exact) mass is 371 g/mol. The minimum absolute atomic E-state index is 0.0231. The summed E-state index contributed by atoms with van der Waals surface area (Å²) in [5, 5.41) is 4.14. The highest BCUT2D eigenvalue weighted by atomic mass is 16.5. The third kappa shape index (κ3) is 4.89. The Morgan fingerprint density at radius 1 is 1.41 bits per heavy atom. The molecule has 27 heavy (non-hydrogen) atoms. The largest absolute Gasteiger partial charge is 0.382 e. The number of rotatable bonds is 9. The van der Waals surface area contributed by atoms with Gasteiger partial charge in [-0.15, -0.1) is 0 Å². The Morgan fingerprint density at radius 2 is 2.26 bits per heavy atom. The van der Waals surface area contributed by atoms with Gasteiger partial charge in [-0.3, -0.25) is 9.59 Å². The topological polar surface area (TPSA) is 74.4 Å². The van der Waals surface area contributed by atoms with Crippen molar-refractivity contribution in [3.63, 3.8) is 0 Å². The van der Waals surface area contributed by atoms with Crippen LogP contribution in [0.15, 0.2) is 24.4 Å². The molecular formula is C21H29N3O3. The van der Waals surface area contributed by atoms with Gasteiger partial charge in [0.2, 0.25) is 11.8 Å². The molecule has 0 radical (unpaired) electrons. The standard InChI is InChI=1S/C21H29N3O3/c1-3-27-10-4-8-22-21(26)17-12-20(25)24(14-17)9-7-16-13-23-19-6-5-15(2)11-18(16)19/h5-6,11,13,17,23H,3-4,7-10,12,14H2,1-2H3,(H,22,26)/t17-/m0/s1. The van der Waals surface area contributed by atoms with Gasteiger partial charge in [-0.05, 0) is 44.4 Å². The molecule has 2 heterocycles. The Bertz CT molecular complexity index is 799. The predicted molar refractivity (Wildman–Crippen MR) is 106 cm³/mol. The van der Waals surface area contributed by atoms with E-state index < -0.39 is 0 Å². The number of aromatic nitrogens is 1. The number of likely N-dealkylation sites (tertiary alicyclic amines) is 1. The van der Waals surface area contributed by atoms with Crippen molar-refractivity contribution in [1.29, 1.82) is 0 Å². The predicted octanol–water partition coefficient (Wildman–Crippen LogP) is 2.41. The number of carbonyl (C=O) groups is 2. The lowest BCUT2D eigenvalue weighted by Gasteiger charge is -2.16. The smallest absolute Gasteiger partial charge is 0.225 e. The Morgan fingerprint density at radius 3 is 3.07 bits per heavy atom. The van der Waals surface area contributed by atoms with E-state index in [0.717, 1.165) is 18.4 Å². The van der Waals surface area contributed by atoms with E-state index in [-0.39, 0.29) is 17.7 Å². The molecule has 0 unspecified atom stereocenters. The summed E-state index contributed by atoms with van der Waals surface area (Å²) in [6.07, 6.45) is 3.92. The van der Waals surface area contributed by atoms with Crippen molar-refractivity contribution in [2.45, 2.75) is 33.1 Å². The number of aryl methyl sites for hydroxylation is 1. The van der Waals surface area contributed by atoms with Gasteiger partial charge < -0.3 is 19.9 Å². The van der Waals surface area contributed by atoms with Crippen LogP contribution in [0.3, 0.4) is 0 Å². The van der Waals surface area contributed by atoms with Gasteiger partial charge in [0.15, 0.2) is 0 Å². The fraction of sp³-hybridized carbons (Fsp3) is 0.524. The van der Waals surface area contributed by atoms with E-state index in [9.17, 15) is 9.59 Å². The highest BCUT2D eigenvalue weighted by Gasteiger charge is 2.33. The first kappa shape index (κ1) is 19.4. The van der Waals surface area contributed by atoms with Crippen LogP contribution in [-0.2, 0) is 20.7 Å². The number of nitrogens with zero attached hydrogens (tertiary/aromatic N) is 1. The molecule has 0 saturated carbocycles. The number of aromatic amines is 1. The first-order valence-electron chi connectivity index (χ1n) is 9.78. The summed E-state index contributed by atoms with van der Waals surface area (Å²) < 4.78 is 5.26. The molecule has 1 fully saturated rings. The maximum atomic E-state index is 12.3. The van der Waals surface area contributed by atoms with Crippen molar-refractivity contribution in [1.82, 2.24) is 15.2 Å². The molecule has 1 aliphatic rings. The molecule has 0 aliphatic carbocycles. The Kier molecular flexibility index (Phi) is 6.50. The molecule has 1 aromatic carbocycles. The van der Waals surface area contributed by atoms with Crippen molar-refractivity contribution in [2.24, 2.45) is 5.92 Å². The van der Waals surface area contributed by atoms with Crippen LogP contribution in [-0.4, -0.2) is 54.5 Å². The average molecular weight is 371 g/mol. The Hall–Kier alpha value is -2.34. The van der Waals surface area contributed by atoms with Crippen molar-refractivity contribution < 1.29 is 14.3 Å². The molecule has 1 saturated heterocycles. The molecule has 2 amide bonds. The number of hydrogen-bond donors (Lipinski definition) is 2. The van der Waals surface area contributed by atoms with Crippen LogP contribution in [0.5, 0.6) is 0 Å². The first-order chi connectivity index (χ1) is 13.1. The molecule has 1 aromatic heterocycles. The van der Waals surface area contributed by atoms with Gasteiger partial charge in [0, 0.05) is 56.4 Å². The van der Waals surface area contributed by atoms with E-state index in [1.807, 2.05) is 18.0 Å². The quantitative estimate of drug-likeness (QED) is 0.665. The van der Waals surface area contributed by atoms with E-state index in [2.05, 4.69) is 35.4 Å². The van der Waals surface area contributed by atoms with Crippen LogP contribution in [0.1, 0.15) is 30.9 Å². The number of H-pyrrole nitrogens is 1. The van der Waals surface area contributed by atoms with E-state index in [0.29, 0.717) is 39.3 Å². The van der Waals surface area contributed by atoms with Crippen LogP contribution in [0.4, 0.5) is 0 Å². The molecule has 2 N–H and O–H groups in total. The lowest BCUT2D eigenvalue weighted by molar-refractivity contribution is -0.129. The molecule has 146 valence electrons. The van der Waals surface area contributed by atoms with Gasteiger partial charge in [-0.25, -0.2) is 0 Å².